The molecule has 0 saturated carbocycles. The molecule has 0 aliphatic rings. The van der Waals surface area contributed by atoms with Crippen LogP contribution in [0.3, 0.4) is 0 Å². The van der Waals surface area contributed by atoms with E-state index < -0.39 is 0 Å². The molecule has 4 rings (SSSR count). The van der Waals surface area contributed by atoms with Gasteiger partial charge >= 0.3 is 6.01 Å². The summed E-state index contributed by atoms with van der Waals surface area (Å²) in [6, 6.07) is 25.1. The second-order valence-corrected chi connectivity index (χ2v) is 8.02. The monoisotopic (exact) mass is 426 g/mol. The van der Waals surface area contributed by atoms with Crippen LogP contribution < -0.4 is 10.1 Å². The van der Waals surface area contributed by atoms with Gasteiger partial charge in [-0.15, -0.1) is 5.10 Å². The van der Waals surface area contributed by atoms with E-state index in [4.69, 9.17) is 4.74 Å². The summed E-state index contributed by atoms with van der Waals surface area (Å²) in [5.41, 5.74) is 4.23. The van der Waals surface area contributed by atoms with E-state index in [9.17, 15) is 4.79 Å². The first-order chi connectivity index (χ1) is 15.5. The molecule has 1 N–H and O–H groups in total. The van der Waals surface area contributed by atoms with Crippen molar-refractivity contribution in [2.45, 2.75) is 20.8 Å². The van der Waals surface area contributed by atoms with Crippen molar-refractivity contribution in [2.75, 3.05) is 11.9 Å². The number of anilines is 1. The van der Waals surface area contributed by atoms with Crippen molar-refractivity contribution in [1.29, 1.82) is 0 Å². The number of amides is 1. The van der Waals surface area contributed by atoms with Gasteiger partial charge in [0.2, 0.25) is 0 Å². The third-order valence-corrected chi connectivity index (χ3v) is 4.93. The number of aromatic nitrogens is 3. The Balaban J connectivity index is 1.63. The van der Waals surface area contributed by atoms with Crippen LogP contribution in [0.1, 0.15) is 29.8 Å². The molecule has 0 saturated heterocycles. The van der Waals surface area contributed by atoms with E-state index in [1.54, 1.807) is 16.8 Å². The van der Waals surface area contributed by atoms with Crippen molar-refractivity contribution >= 4 is 11.6 Å². The van der Waals surface area contributed by atoms with Crippen LogP contribution >= 0.6 is 0 Å². The van der Waals surface area contributed by atoms with Gasteiger partial charge in [0.25, 0.3) is 5.91 Å². The summed E-state index contributed by atoms with van der Waals surface area (Å²) in [6.07, 6.45) is 0. The van der Waals surface area contributed by atoms with Gasteiger partial charge in [-0.25, -0.2) is 4.68 Å². The maximum absolute atomic E-state index is 12.4. The van der Waals surface area contributed by atoms with Gasteiger partial charge in [0.05, 0.1) is 12.3 Å². The number of rotatable bonds is 7. The molecule has 0 fully saturated rings. The number of aryl methyl sites for hydroxylation is 1. The van der Waals surface area contributed by atoms with Gasteiger partial charge in [-0.2, -0.15) is 4.98 Å². The zero-order valence-electron chi connectivity index (χ0n) is 18.4. The molecule has 6 heteroatoms. The molecular weight excluding hydrogens is 400 g/mol. The van der Waals surface area contributed by atoms with Crippen molar-refractivity contribution < 1.29 is 9.53 Å². The number of carbonyl (C=O) groups excluding carboxylic acids is 1. The van der Waals surface area contributed by atoms with Crippen LogP contribution in [0.2, 0.25) is 0 Å². The van der Waals surface area contributed by atoms with Gasteiger partial charge in [0.1, 0.15) is 0 Å². The Bertz CT molecular complexity index is 1200. The first-order valence-corrected chi connectivity index (χ1v) is 10.6. The van der Waals surface area contributed by atoms with E-state index in [2.05, 4.69) is 29.2 Å². The average molecular weight is 427 g/mol. The lowest BCUT2D eigenvalue weighted by atomic mass is 10.1. The summed E-state index contributed by atoms with van der Waals surface area (Å²) in [7, 11) is 0. The molecule has 0 spiro atoms. The number of nitrogens with zero attached hydrogens (tertiary/aromatic N) is 3. The molecule has 0 unspecified atom stereocenters. The maximum Gasteiger partial charge on any atom is 0.336 e. The number of carbonyl (C=O) groups is 1. The Hall–Kier alpha value is -3.93. The van der Waals surface area contributed by atoms with Crippen LogP contribution in [0.5, 0.6) is 6.01 Å². The molecule has 0 atom stereocenters. The molecular formula is C26H26N4O2. The fourth-order valence-corrected chi connectivity index (χ4v) is 3.25. The second kappa shape index (κ2) is 9.47. The van der Waals surface area contributed by atoms with E-state index in [1.807, 2.05) is 73.7 Å². The lowest BCUT2D eigenvalue weighted by molar-refractivity contribution is 0.102. The smallest absolute Gasteiger partial charge is 0.336 e. The highest BCUT2D eigenvalue weighted by atomic mass is 16.5. The van der Waals surface area contributed by atoms with E-state index in [1.165, 1.54) is 0 Å². The van der Waals surface area contributed by atoms with Crippen LogP contribution in [-0.2, 0) is 0 Å². The molecule has 1 aromatic heterocycles. The number of benzene rings is 3. The molecule has 1 amide bonds. The van der Waals surface area contributed by atoms with Gasteiger partial charge in [-0.3, -0.25) is 4.79 Å². The number of hydrogen-bond donors (Lipinski definition) is 1. The minimum atomic E-state index is -0.149. The molecule has 0 aliphatic carbocycles. The number of ether oxygens (including phenoxy) is 1. The summed E-state index contributed by atoms with van der Waals surface area (Å²) < 4.78 is 7.58. The summed E-state index contributed by atoms with van der Waals surface area (Å²) in [6.45, 7) is 6.76. The van der Waals surface area contributed by atoms with Crippen LogP contribution in [0.25, 0.3) is 17.1 Å². The van der Waals surface area contributed by atoms with Crippen LogP contribution in [0.4, 0.5) is 5.69 Å². The number of nitrogens with one attached hydrogen (secondary N) is 1. The Morgan fingerprint density at radius 2 is 1.66 bits per heavy atom. The largest absolute Gasteiger partial charge is 0.462 e. The molecule has 4 aromatic rings. The standard InChI is InChI=1S/C26H26N4O2/c1-18(2)17-32-26-28-24(23-12-8-7-9-19(23)3)30(29-26)22-15-13-21(14-16-22)27-25(31)20-10-5-4-6-11-20/h4-16,18H,17H2,1-3H3,(H,27,31). The average Bonchev–Trinajstić information content (AvgIpc) is 3.23. The number of hydrogen-bond acceptors (Lipinski definition) is 4. The fraction of sp³-hybridized carbons (Fsp3) is 0.192. The van der Waals surface area contributed by atoms with Crippen molar-refractivity contribution in [3.63, 3.8) is 0 Å². The topological polar surface area (TPSA) is 69.0 Å². The molecule has 0 radical (unpaired) electrons. The van der Waals surface area contributed by atoms with Gasteiger partial charge in [-0.05, 0) is 54.8 Å². The summed E-state index contributed by atoms with van der Waals surface area (Å²) >= 11 is 0. The predicted molar refractivity (Wildman–Crippen MR) is 126 cm³/mol. The van der Waals surface area contributed by atoms with Gasteiger partial charge in [0.15, 0.2) is 5.82 Å². The van der Waals surface area contributed by atoms with Crippen molar-refractivity contribution in [3.05, 3.63) is 90.0 Å². The van der Waals surface area contributed by atoms with E-state index >= 15 is 0 Å². The first kappa shape index (κ1) is 21.3. The highest BCUT2D eigenvalue weighted by Crippen LogP contribution is 2.27. The van der Waals surface area contributed by atoms with E-state index in [0.717, 1.165) is 16.8 Å². The lowest BCUT2D eigenvalue weighted by Gasteiger charge is -2.09. The lowest BCUT2D eigenvalue weighted by Crippen LogP contribution is -2.11. The third-order valence-electron chi connectivity index (χ3n) is 4.93. The van der Waals surface area contributed by atoms with E-state index in [0.29, 0.717) is 35.6 Å². The SMILES string of the molecule is Cc1ccccc1-c1nc(OCC(C)C)nn1-c1ccc(NC(=O)c2ccccc2)cc1. The second-order valence-electron chi connectivity index (χ2n) is 8.02. The van der Waals surface area contributed by atoms with Crippen molar-refractivity contribution in [3.8, 4) is 23.1 Å². The Morgan fingerprint density at radius 3 is 2.34 bits per heavy atom. The molecule has 6 nitrogen and oxygen atoms in total. The molecule has 1 heterocycles. The highest BCUT2D eigenvalue weighted by molar-refractivity contribution is 6.04. The predicted octanol–water partition coefficient (Wildman–Crippen LogP) is 5.53. The Kier molecular flexibility index (Phi) is 6.31. The molecule has 162 valence electrons. The fourth-order valence-electron chi connectivity index (χ4n) is 3.25. The maximum atomic E-state index is 12.4. The zero-order valence-corrected chi connectivity index (χ0v) is 18.4. The summed E-state index contributed by atoms with van der Waals surface area (Å²) in [5.74, 6) is 0.934. The first-order valence-electron chi connectivity index (χ1n) is 10.6. The quantitative estimate of drug-likeness (QED) is 0.422. The highest BCUT2D eigenvalue weighted by Gasteiger charge is 2.17. The van der Waals surface area contributed by atoms with Gasteiger partial charge in [-0.1, -0.05) is 56.3 Å². The zero-order chi connectivity index (χ0) is 22.5. The van der Waals surface area contributed by atoms with E-state index in [-0.39, 0.29) is 5.91 Å². The molecule has 32 heavy (non-hydrogen) atoms. The third kappa shape index (κ3) is 4.86. The molecule has 0 aliphatic heterocycles. The summed E-state index contributed by atoms with van der Waals surface area (Å²) in [5, 5.41) is 7.53. The minimum absolute atomic E-state index is 0.149. The minimum Gasteiger partial charge on any atom is -0.462 e. The van der Waals surface area contributed by atoms with Crippen LogP contribution in [-0.4, -0.2) is 27.3 Å². The van der Waals surface area contributed by atoms with Crippen molar-refractivity contribution in [1.82, 2.24) is 14.8 Å². The van der Waals surface area contributed by atoms with Crippen LogP contribution in [0, 0.1) is 12.8 Å². The normalized spacial score (nSPS) is 10.9. The Labute approximate surface area is 187 Å². The Morgan fingerprint density at radius 1 is 0.969 bits per heavy atom. The molecule has 3 aromatic carbocycles. The molecule has 0 bridgehead atoms. The van der Waals surface area contributed by atoms with Crippen molar-refractivity contribution in [2.24, 2.45) is 5.92 Å². The van der Waals surface area contributed by atoms with Gasteiger partial charge in [0, 0.05) is 16.8 Å². The summed E-state index contributed by atoms with van der Waals surface area (Å²) in [4.78, 5) is 17.1. The van der Waals surface area contributed by atoms with Gasteiger partial charge < -0.3 is 10.1 Å². The van der Waals surface area contributed by atoms with Crippen LogP contribution in [0.15, 0.2) is 78.9 Å².